The topological polar surface area (TPSA) is 81.4 Å². The van der Waals surface area contributed by atoms with Crippen LogP contribution in [0.25, 0.3) is 0 Å². The van der Waals surface area contributed by atoms with E-state index < -0.39 is 5.91 Å². The van der Waals surface area contributed by atoms with Crippen LogP contribution in [0.4, 0.5) is 5.00 Å². The average Bonchev–Trinajstić information content (AvgIpc) is 2.97. The lowest BCUT2D eigenvalue weighted by Crippen LogP contribution is -2.22. The Labute approximate surface area is 163 Å². The summed E-state index contributed by atoms with van der Waals surface area (Å²) in [5, 5.41) is 3.37. The molecule has 1 aliphatic carbocycles. The number of primary amides is 1. The van der Waals surface area contributed by atoms with Gasteiger partial charge in [0.25, 0.3) is 11.8 Å². The summed E-state index contributed by atoms with van der Waals surface area (Å²) >= 11 is 1.46. The van der Waals surface area contributed by atoms with Crippen molar-refractivity contribution < 1.29 is 14.3 Å². The summed E-state index contributed by atoms with van der Waals surface area (Å²) in [5.74, 6) is 0.333. The summed E-state index contributed by atoms with van der Waals surface area (Å²) in [4.78, 5) is 25.4. The van der Waals surface area contributed by atoms with Crippen LogP contribution in [0.5, 0.6) is 5.75 Å². The maximum absolute atomic E-state index is 12.4. The highest BCUT2D eigenvalue weighted by molar-refractivity contribution is 7.17. The first-order valence-electron chi connectivity index (χ1n) is 9.34. The Kier molecular flexibility index (Phi) is 5.85. The van der Waals surface area contributed by atoms with Crippen LogP contribution in [0.1, 0.15) is 64.5 Å². The van der Waals surface area contributed by atoms with Gasteiger partial charge < -0.3 is 15.8 Å². The molecule has 0 bridgehead atoms. The number of anilines is 1. The van der Waals surface area contributed by atoms with Crippen LogP contribution in [-0.4, -0.2) is 18.4 Å². The van der Waals surface area contributed by atoms with Gasteiger partial charge in [-0.25, -0.2) is 0 Å². The van der Waals surface area contributed by atoms with Crippen molar-refractivity contribution in [1.82, 2.24) is 0 Å². The Morgan fingerprint density at radius 2 is 2.00 bits per heavy atom. The second-order valence-corrected chi connectivity index (χ2v) is 8.39. The van der Waals surface area contributed by atoms with Crippen molar-refractivity contribution in [2.24, 2.45) is 5.73 Å². The zero-order valence-corrected chi connectivity index (χ0v) is 16.9. The molecule has 144 valence electrons. The van der Waals surface area contributed by atoms with Crippen LogP contribution in [0.3, 0.4) is 0 Å². The molecule has 0 radical (unpaired) electrons. The molecule has 1 aromatic carbocycles. The fraction of sp³-hybridized carbons (Fsp3) is 0.429. The number of amides is 2. The van der Waals surface area contributed by atoms with Gasteiger partial charge in [0.1, 0.15) is 10.8 Å². The third-order valence-electron chi connectivity index (χ3n) is 4.90. The van der Waals surface area contributed by atoms with Gasteiger partial charge in [-0.15, -0.1) is 11.3 Å². The summed E-state index contributed by atoms with van der Waals surface area (Å²) in [6.07, 6.45) is 3.94. The Morgan fingerprint density at radius 3 is 2.67 bits per heavy atom. The molecule has 0 fully saturated rings. The lowest BCUT2D eigenvalue weighted by molar-refractivity contribution is -0.118. The van der Waals surface area contributed by atoms with Gasteiger partial charge in [-0.1, -0.05) is 19.9 Å². The number of benzene rings is 1. The molecule has 27 heavy (non-hydrogen) atoms. The monoisotopic (exact) mass is 386 g/mol. The first-order valence-corrected chi connectivity index (χ1v) is 10.2. The van der Waals surface area contributed by atoms with Crippen molar-refractivity contribution in [3.8, 4) is 5.75 Å². The molecule has 6 heteroatoms. The summed E-state index contributed by atoms with van der Waals surface area (Å²) in [6, 6.07) is 5.86. The predicted octanol–water partition coefficient (Wildman–Crippen LogP) is 4.18. The first kappa shape index (κ1) is 19.4. The fourth-order valence-electron chi connectivity index (χ4n) is 3.61. The number of hydrogen-bond acceptors (Lipinski definition) is 4. The van der Waals surface area contributed by atoms with Crippen LogP contribution < -0.4 is 15.8 Å². The standard InChI is InChI=1S/C21H26N2O3S/c1-12(2)15-9-8-14(10-13(15)3)26-11-18(24)23-21-19(20(22)25)16-6-4-5-7-17(16)27-21/h8-10,12H,4-7,11H2,1-3H3,(H2,22,25)(H,23,24). The summed E-state index contributed by atoms with van der Waals surface area (Å²) in [6.45, 7) is 6.22. The van der Waals surface area contributed by atoms with E-state index in [1.54, 1.807) is 0 Å². The van der Waals surface area contributed by atoms with E-state index in [0.717, 1.165) is 41.7 Å². The lowest BCUT2D eigenvalue weighted by Gasteiger charge is -2.12. The van der Waals surface area contributed by atoms with Crippen LogP contribution in [-0.2, 0) is 17.6 Å². The summed E-state index contributed by atoms with van der Waals surface area (Å²) in [7, 11) is 0. The van der Waals surface area contributed by atoms with Gasteiger partial charge >= 0.3 is 0 Å². The third kappa shape index (κ3) is 4.33. The molecular formula is C21H26N2O3S. The van der Waals surface area contributed by atoms with Crippen LogP contribution >= 0.6 is 11.3 Å². The molecule has 3 rings (SSSR count). The van der Waals surface area contributed by atoms with Crippen LogP contribution in [0, 0.1) is 6.92 Å². The normalized spacial score (nSPS) is 13.3. The molecular weight excluding hydrogens is 360 g/mol. The van der Waals surface area contributed by atoms with E-state index in [-0.39, 0.29) is 12.5 Å². The zero-order valence-electron chi connectivity index (χ0n) is 16.1. The van der Waals surface area contributed by atoms with Gasteiger partial charge in [-0.2, -0.15) is 0 Å². The zero-order chi connectivity index (χ0) is 19.6. The molecule has 0 saturated heterocycles. The summed E-state index contributed by atoms with van der Waals surface area (Å²) in [5.41, 5.74) is 9.45. The smallest absolute Gasteiger partial charge is 0.262 e. The van der Waals surface area contributed by atoms with Crippen molar-refractivity contribution in [3.63, 3.8) is 0 Å². The number of aryl methyl sites for hydroxylation is 2. The number of fused-ring (bicyclic) bond motifs is 1. The molecule has 1 aliphatic rings. The number of nitrogens with two attached hydrogens (primary N) is 1. The molecule has 5 nitrogen and oxygen atoms in total. The number of nitrogens with one attached hydrogen (secondary N) is 1. The molecule has 0 atom stereocenters. The highest BCUT2D eigenvalue weighted by atomic mass is 32.1. The molecule has 0 unspecified atom stereocenters. The average molecular weight is 387 g/mol. The second kappa shape index (κ2) is 8.13. The van der Waals surface area contributed by atoms with Crippen molar-refractivity contribution in [2.75, 3.05) is 11.9 Å². The van der Waals surface area contributed by atoms with Gasteiger partial charge in [0, 0.05) is 4.88 Å². The van der Waals surface area contributed by atoms with E-state index >= 15 is 0 Å². The lowest BCUT2D eigenvalue weighted by atomic mass is 9.95. The third-order valence-corrected chi connectivity index (χ3v) is 6.11. The van der Waals surface area contributed by atoms with E-state index in [2.05, 4.69) is 19.2 Å². The molecule has 0 saturated carbocycles. The van der Waals surface area contributed by atoms with E-state index in [1.165, 1.54) is 16.9 Å². The highest BCUT2D eigenvalue weighted by Crippen LogP contribution is 2.37. The summed E-state index contributed by atoms with van der Waals surface area (Å²) < 4.78 is 5.63. The van der Waals surface area contributed by atoms with Crippen molar-refractivity contribution in [2.45, 2.75) is 52.4 Å². The van der Waals surface area contributed by atoms with E-state index in [0.29, 0.717) is 22.2 Å². The van der Waals surface area contributed by atoms with Gasteiger partial charge in [0.2, 0.25) is 0 Å². The van der Waals surface area contributed by atoms with Gasteiger partial charge in [0.05, 0.1) is 5.56 Å². The highest BCUT2D eigenvalue weighted by Gasteiger charge is 2.25. The van der Waals surface area contributed by atoms with Crippen LogP contribution in [0.2, 0.25) is 0 Å². The van der Waals surface area contributed by atoms with E-state index in [4.69, 9.17) is 10.5 Å². The van der Waals surface area contributed by atoms with E-state index in [9.17, 15) is 9.59 Å². The molecule has 0 spiro atoms. The maximum Gasteiger partial charge on any atom is 0.262 e. The Morgan fingerprint density at radius 1 is 1.26 bits per heavy atom. The molecule has 3 N–H and O–H groups in total. The van der Waals surface area contributed by atoms with Crippen LogP contribution in [0.15, 0.2) is 18.2 Å². The molecule has 1 heterocycles. The minimum absolute atomic E-state index is 0.110. The van der Waals surface area contributed by atoms with E-state index in [1.807, 2.05) is 25.1 Å². The SMILES string of the molecule is Cc1cc(OCC(=O)Nc2sc3c(c2C(N)=O)CCCC3)ccc1C(C)C. The Bertz CT molecular complexity index is 871. The van der Waals surface area contributed by atoms with Gasteiger partial charge in [-0.05, 0) is 67.3 Å². The maximum atomic E-state index is 12.4. The largest absolute Gasteiger partial charge is 0.484 e. The van der Waals surface area contributed by atoms with Gasteiger partial charge in [0.15, 0.2) is 6.61 Å². The molecule has 2 amide bonds. The Hall–Kier alpha value is -2.34. The number of carbonyl (C=O) groups is 2. The van der Waals surface area contributed by atoms with Crippen molar-refractivity contribution in [1.29, 1.82) is 0 Å². The number of hydrogen-bond donors (Lipinski definition) is 2. The molecule has 1 aromatic heterocycles. The number of thiophene rings is 1. The number of ether oxygens (including phenoxy) is 1. The minimum Gasteiger partial charge on any atom is -0.484 e. The van der Waals surface area contributed by atoms with Gasteiger partial charge in [-0.3, -0.25) is 9.59 Å². The Balaban J connectivity index is 1.67. The second-order valence-electron chi connectivity index (χ2n) is 7.29. The quantitative estimate of drug-likeness (QED) is 0.781. The minimum atomic E-state index is -0.481. The molecule has 0 aliphatic heterocycles. The fourth-order valence-corrected chi connectivity index (χ4v) is 4.92. The number of carbonyl (C=O) groups excluding carboxylic acids is 2. The predicted molar refractivity (Wildman–Crippen MR) is 109 cm³/mol. The van der Waals surface area contributed by atoms with Crippen molar-refractivity contribution in [3.05, 3.63) is 45.3 Å². The molecule has 2 aromatic rings. The number of rotatable bonds is 6. The first-order chi connectivity index (χ1) is 12.9. The van der Waals surface area contributed by atoms with Crippen molar-refractivity contribution >= 4 is 28.2 Å².